The predicted octanol–water partition coefficient (Wildman–Crippen LogP) is 0.130. The molecule has 0 aromatic carbocycles. The van der Waals surface area contributed by atoms with E-state index in [2.05, 4.69) is 10.6 Å². The number of carboxylic acids is 1. The number of amides is 2. The van der Waals surface area contributed by atoms with Crippen molar-refractivity contribution in [3.63, 3.8) is 0 Å². The van der Waals surface area contributed by atoms with E-state index < -0.39 is 5.97 Å². The Labute approximate surface area is 111 Å². The van der Waals surface area contributed by atoms with Crippen molar-refractivity contribution in [2.24, 2.45) is 17.8 Å². The van der Waals surface area contributed by atoms with Gasteiger partial charge in [-0.15, -0.1) is 0 Å². The summed E-state index contributed by atoms with van der Waals surface area (Å²) in [6.45, 7) is 0.790. The molecule has 1 saturated heterocycles. The highest BCUT2D eigenvalue weighted by atomic mass is 16.4. The third kappa shape index (κ3) is 3.45. The highest BCUT2D eigenvalue weighted by Crippen LogP contribution is 2.29. The Morgan fingerprint density at radius 2 is 2.05 bits per heavy atom. The van der Waals surface area contributed by atoms with Gasteiger partial charge in [-0.1, -0.05) is 12.8 Å². The van der Waals surface area contributed by atoms with E-state index in [-0.39, 0.29) is 36.0 Å². The molecule has 1 heterocycles. The molecule has 6 nitrogen and oxygen atoms in total. The van der Waals surface area contributed by atoms with Crippen LogP contribution in [0.3, 0.4) is 0 Å². The number of carbonyl (C=O) groups is 3. The van der Waals surface area contributed by atoms with Gasteiger partial charge in [0.2, 0.25) is 11.8 Å². The van der Waals surface area contributed by atoms with Gasteiger partial charge in [0, 0.05) is 19.5 Å². The van der Waals surface area contributed by atoms with Gasteiger partial charge in [-0.05, 0) is 18.8 Å². The van der Waals surface area contributed by atoms with Crippen LogP contribution in [0.15, 0.2) is 0 Å². The molecule has 0 aromatic heterocycles. The minimum Gasteiger partial charge on any atom is -0.481 e. The minimum atomic E-state index is -0.767. The lowest BCUT2D eigenvalue weighted by atomic mass is 9.79. The molecule has 3 N–H and O–H groups in total. The van der Waals surface area contributed by atoms with Gasteiger partial charge in [0.1, 0.15) is 0 Å². The van der Waals surface area contributed by atoms with E-state index in [4.69, 9.17) is 5.11 Å². The topological polar surface area (TPSA) is 95.5 Å². The Balaban J connectivity index is 1.81. The molecule has 1 saturated carbocycles. The maximum absolute atomic E-state index is 11.9. The SMILES string of the molecule is O=C1CC(C(=O)NCC2CCCCC2C(=O)O)CN1. The smallest absolute Gasteiger partial charge is 0.306 e. The lowest BCUT2D eigenvalue weighted by Crippen LogP contribution is -2.40. The molecule has 1 aliphatic carbocycles. The molecule has 106 valence electrons. The number of rotatable bonds is 4. The first-order valence-corrected chi connectivity index (χ1v) is 6.85. The Hall–Kier alpha value is -1.59. The van der Waals surface area contributed by atoms with Crippen LogP contribution in [0.4, 0.5) is 0 Å². The minimum absolute atomic E-state index is 0.0141. The van der Waals surface area contributed by atoms with E-state index in [9.17, 15) is 14.4 Å². The van der Waals surface area contributed by atoms with Crippen molar-refractivity contribution >= 4 is 17.8 Å². The zero-order valence-corrected chi connectivity index (χ0v) is 10.9. The van der Waals surface area contributed by atoms with Gasteiger partial charge < -0.3 is 15.7 Å². The summed E-state index contributed by atoms with van der Waals surface area (Å²) < 4.78 is 0. The van der Waals surface area contributed by atoms with Crippen LogP contribution in [-0.4, -0.2) is 36.0 Å². The average Bonchev–Trinajstić information content (AvgIpc) is 2.83. The summed E-state index contributed by atoms with van der Waals surface area (Å²) in [4.78, 5) is 34.0. The number of carboxylic acid groups (broad SMARTS) is 1. The molecule has 19 heavy (non-hydrogen) atoms. The first-order valence-electron chi connectivity index (χ1n) is 6.85. The Morgan fingerprint density at radius 3 is 2.68 bits per heavy atom. The maximum Gasteiger partial charge on any atom is 0.306 e. The first-order chi connectivity index (χ1) is 9.08. The molecule has 1 aliphatic heterocycles. The van der Waals surface area contributed by atoms with Crippen LogP contribution in [-0.2, 0) is 14.4 Å². The van der Waals surface area contributed by atoms with Crippen molar-refractivity contribution in [3.05, 3.63) is 0 Å². The van der Waals surface area contributed by atoms with Crippen molar-refractivity contribution in [1.82, 2.24) is 10.6 Å². The van der Waals surface area contributed by atoms with E-state index in [1.165, 1.54) is 0 Å². The van der Waals surface area contributed by atoms with E-state index in [1.54, 1.807) is 0 Å². The molecule has 3 unspecified atom stereocenters. The van der Waals surface area contributed by atoms with Crippen LogP contribution in [0.5, 0.6) is 0 Å². The number of hydrogen-bond acceptors (Lipinski definition) is 3. The Bertz CT molecular complexity index is 383. The summed E-state index contributed by atoms with van der Waals surface area (Å²) in [6, 6.07) is 0. The van der Waals surface area contributed by atoms with Crippen LogP contribution in [0.2, 0.25) is 0 Å². The highest BCUT2D eigenvalue weighted by Gasteiger charge is 2.32. The molecule has 3 atom stereocenters. The first kappa shape index (κ1) is 13.8. The fraction of sp³-hybridized carbons (Fsp3) is 0.769. The van der Waals surface area contributed by atoms with Crippen LogP contribution in [0.25, 0.3) is 0 Å². The summed E-state index contributed by atoms with van der Waals surface area (Å²) >= 11 is 0. The van der Waals surface area contributed by atoms with Crippen molar-refractivity contribution < 1.29 is 19.5 Å². The lowest BCUT2D eigenvalue weighted by molar-refractivity contribution is -0.145. The third-order valence-electron chi connectivity index (χ3n) is 4.11. The van der Waals surface area contributed by atoms with Gasteiger partial charge >= 0.3 is 5.97 Å². The predicted molar refractivity (Wildman–Crippen MR) is 67.2 cm³/mol. The molecule has 2 fully saturated rings. The van der Waals surface area contributed by atoms with Crippen LogP contribution in [0.1, 0.15) is 32.1 Å². The lowest BCUT2D eigenvalue weighted by Gasteiger charge is -2.28. The van der Waals surface area contributed by atoms with Crippen molar-refractivity contribution in [1.29, 1.82) is 0 Å². The molecule has 0 spiro atoms. The third-order valence-corrected chi connectivity index (χ3v) is 4.11. The highest BCUT2D eigenvalue weighted by molar-refractivity contribution is 5.89. The second-order valence-electron chi connectivity index (χ2n) is 5.44. The van der Waals surface area contributed by atoms with E-state index in [0.29, 0.717) is 19.5 Å². The zero-order chi connectivity index (χ0) is 13.8. The molecule has 2 amide bonds. The zero-order valence-electron chi connectivity index (χ0n) is 10.9. The molecule has 0 aromatic rings. The Morgan fingerprint density at radius 1 is 1.32 bits per heavy atom. The normalized spacial score (nSPS) is 30.7. The molecule has 2 aliphatic rings. The average molecular weight is 268 g/mol. The van der Waals surface area contributed by atoms with Crippen molar-refractivity contribution in [2.75, 3.05) is 13.1 Å². The van der Waals surface area contributed by atoms with Crippen LogP contribution >= 0.6 is 0 Å². The molecule has 0 bridgehead atoms. The summed E-state index contributed by atoms with van der Waals surface area (Å²) in [5.74, 6) is -1.65. The fourth-order valence-electron chi connectivity index (χ4n) is 2.94. The monoisotopic (exact) mass is 268 g/mol. The second-order valence-corrected chi connectivity index (χ2v) is 5.44. The standard InChI is InChI=1S/C13H20N2O4/c16-11-5-9(7-14-11)12(17)15-6-8-3-1-2-4-10(8)13(18)19/h8-10H,1-7H2,(H,14,16)(H,15,17)(H,18,19). The molecular formula is C13H20N2O4. The summed E-state index contributed by atoms with van der Waals surface area (Å²) in [5.41, 5.74) is 0. The van der Waals surface area contributed by atoms with Crippen molar-refractivity contribution in [3.8, 4) is 0 Å². The van der Waals surface area contributed by atoms with E-state index in [0.717, 1.165) is 19.3 Å². The number of hydrogen-bond donors (Lipinski definition) is 3. The van der Waals surface area contributed by atoms with E-state index >= 15 is 0 Å². The summed E-state index contributed by atoms with van der Waals surface area (Å²) in [6.07, 6.45) is 3.74. The van der Waals surface area contributed by atoms with E-state index in [1.807, 2.05) is 0 Å². The molecule has 6 heteroatoms. The molecular weight excluding hydrogens is 248 g/mol. The van der Waals surface area contributed by atoms with Gasteiger partial charge in [0.05, 0.1) is 11.8 Å². The Kier molecular flexibility index (Phi) is 4.39. The molecule has 2 rings (SSSR count). The van der Waals surface area contributed by atoms with Crippen LogP contribution < -0.4 is 10.6 Å². The van der Waals surface area contributed by atoms with Crippen LogP contribution in [0, 0.1) is 17.8 Å². The number of aliphatic carboxylic acids is 1. The largest absolute Gasteiger partial charge is 0.481 e. The number of carbonyl (C=O) groups excluding carboxylic acids is 2. The van der Waals surface area contributed by atoms with Gasteiger partial charge in [0.25, 0.3) is 0 Å². The van der Waals surface area contributed by atoms with Gasteiger partial charge in [-0.2, -0.15) is 0 Å². The quantitative estimate of drug-likeness (QED) is 0.675. The fourth-order valence-corrected chi connectivity index (χ4v) is 2.94. The summed E-state index contributed by atoms with van der Waals surface area (Å²) in [5, 5.41) is 14.6. The van der Waals surface area contributed by atoms with Gasteiger partial charge in [-0.25, -0.2) is 0 Å². The van der Waals surface area contributed by atoms with Gasteiger partial charge in [-0.3, -0.25) is 14.4 Å². The summed E-state index contributed by atoms with van der Waals surface area (Å²) in [7, 11) is 0. The second kappa shape index (κ2) is 6.04. The molecule has 0 radical (unpaired) electrons. The number of nitrogens with one attached hydrogen (secondary N) is 2. The van der Waals surface area contributed by atoms with Gasteiger partial charge in [0.15, 0.2) is 0 Å². The maximum atomic E-state index is 11.9. The van der Waals surface area contributed by atoms with Crippen molar-refractivity contribution in [2.45, 2.75) is 32.1 Å².